The number of rotatable bonds is 3. The molecule has 0 fully saturated rings. The summed E-state index contributed by atoms with van der Waals surface area (Å²) in [6.07, 6.45) is 0.466. The molecule has 0 bridgehead atoms. The van der Waals surface area contributed by atoms with Crippen LogP contribution in [-0.2, 0) is 0 Å². The zero-order chi connectivity index (χ0) is 9.84. The Balaban J connectivity index is 2.93. The van der Waals surface area contributed by atoms with Gasteiger partial charge in [-0.05, 0) is 23.7 Å². The fourth-order valence-electron chi connectivity index (χ4n) is 0.991. The lowest BCUT2D eigenvalue weighted by molar-refractivity contribution is 0.0987. The number of Topliss-reactive ketones (excluding diaryl/α,β-unsaturated/α-hetero) is 1. The molecule has 0 N–H and O–H groups in total. The van der Waals surface area contributed by atoms with Gasteiger partial charge in [-0.15, -0.1) is 0 Å². The maximum Gasteiger partial charge on any atom is 0.252 e. The van der Waals surface area contributed by atoms with Gasteiger partial charge in [-0.25, -0.2) is 0 Å². The van der Waals surface area contributed by atoms with Crippen LogP contribution in [0.4, 0.5) is 0 Å². The molecule has 0 aliphatic heterocycles. The Morgan fingerprint density at radius 2 is 1.62 bits per heavy atom. The highest BCUT2D eigenvalue weighted by molar-refractivity contribution is 6.67. The molecule has 13 heavy (non-hydrogen) atoms. The maximum atomic E-state index is 11.2. The topological polar surface area (TPSA) is 34.1 Å². The van der Waals surface area contributed by atoms with Crippen molar-refractivity contribution in [1.82, 2.24) is 0 Å². The first-order valence-electron chi connectivity index (χ1n) is 3.98. The van der Waals surface area contributed by atoms with Crippen LogP contribution in [0.2, 0.25) is 0 Å². The molecule has 0 unspecified atom stereocenters. The van der Waals surface area contributed by atoms with E-state index in [1.165, 1.54) is 0 Å². The lowest BCUT2D eigenvalue weighted by Crippen LogP contribution is -1.97. The molecule has 3 heteroatoms. The number of carbonyl (C=O) groups is 2. The van der Waals surface area contributed by atoms with Crippen molar-refractivity contribution in [2.24, 2.45) is 0 Å². The lowest BCUT2D eigenvalue weighted by atomic mass is 10.1. The fourth-order valence-corrected chi connectivity index (χ4v) is 1.12. The van der Waals surface area contributed by atoms with Crippen LogP contribution in [0.5, 0.6) is 0 Å². The first kappa shape index (κ1) is 9.93. The van der Waals surface area contributed by atoms with Gasteiger partial charge in [0, 0.05) is 17.5 Å². The van der Waals surface area contributed by atoms with Crippen LogP contribution >= 0.6 is 11.6 Å². The van der Waals surface area contributed by atoms with Gasteiger partial charge in [0.1, 0.15) is 0 Å². The number of hydrogen-bond acceptors (Lipinski definition) is 2. The lowest BCUT2D eigenvalue weighted by Gasteiger charge is -1.97. The van der Waals surface area contributed by atoms with Crippen LogP contribution in [0.25, 0.3) is 0 Å². The molecule has 0 heterocycles. The molecule has 0 aliphatic carbocycles. The Morgan fingerprint density at radius 1 is 1.15 bits per heavy atom. The predicted octanol–water partition coefficient (Wildman–Crippen LogP) is 2.66. The SMILES string of the molecule is CCC(=O)c1ccc(C(=O)Cl)cc1. The van der Waals surface area contributed by atoms with Crippen molar-refractivity contribution < 1.29 is 9.59 Å². The normalized spacial score (nSPS) is 9.69. The molecule has 1 rings (SSSR count). The van der Waals surface area contributed by atoms with Gasteiger partial charge in [0.25, 0.3) is 5.24 Å². The second-order valence-corrected chi connectivity index (χ2v) is 2.97. The standard InChI is InChI=1S/C10H9ClO2/c1-2-9(12)7-3-5-8(6-4-7)10(11)13/h3-6H,2H2,1H3. The fraction of sp³-hybridized carbons (Fsp3) is 0.200. The van der Waals surface area contributed by atoms with Gasteiger partial charge in [0.05, 0.1) is 0 Å². The summed E-state index contributed by atoms with van der Waals surface area (Å²) < 4.78 is 0. The van der Waals surface area contributed by atoms with Crippen molar-refractivity contribution in [2.75, 3.05) is 0 Å². The van der Waals surface area contributed by atoms with Crippen molar-refractivity contribution in [1.29, 1.82) is 0 Å². The zero-order valence-corrected chi connectivity index (χ0v) is 7.97. The monoisotopic (exact) mass is 196 g/mol. The third-order valence-electron chi connectivity index (χ3n) is 1.75. The van der Waals surface area contributed by atoms with Crippen LogP contribution in [0.3, 0.4) is 0 Å². The van der Waals surface area contributed by atoms with E-state index in [2.05, 4.69) is 0 Å². The summed E-state index contributed by atoms with van der Waals surface area (Å²) in [5, 5.41) is -0.504. The minimum atomic E-state index is -0.504. The Labute approximate surface area is 81.5 Å². The van der Waals surface area contributed by atoms with Gasteiger partial charge < -0.3 is 0 Å². The molecule has 1 aromatic carbocycles. The van der Waals surface area contributed by atoms with Crippen LogP contribution in [0.15, 0.2) is 24.3 Å². The van der Waals surface area contributed by atoms with E-state index in [1.54, 1.807) is 31.2 Å². The van der Waals surface area contributed by atoms with E-state index in [-0.39, 0.29) is 5.78 Å². The largest absolute Gasteiger partial charge is 0.294 e. The van der Waals surface area contributed by atoms with E-state index in [0.717, 1.165) is 0 Å². The zero-order valence-electron chi connectivity index (χ0n) is 7.21. The molecule has 0 amide bonds. The van der Waals surface area contributed by atoms with E-state index in [1.807, 2.05) is 0 Å². The molecular formula is C10H9ClO2. The third-order valence-corrected chi connectivity index (χ3v) is 1.97. The van der Waals surface area contributed by atoms with Crippen molar-refractivity contribution in [2.45, 2.75) is 13.3 Å². The number of carbonyl (C=O) groups excluding carboxylic acids is 2. The van der Waals surface area contributed by atoms with Crippen molar-refractivity contribution in [3.8, 4) is 0 Å². The minimum Gasteiger partial charge on any atom is -0.294 e. The molecule has 0 aromatic heterocycles. The van der Waals surface area contributed by atoms with E-state index in [0.29, 0.717) is 17.5 Å². The van der Waals surface area contributed by atoms with Gasteiger partial charge in [-0.2, -0.15) is 0 Å². The molecule has 0 atom stereocenters. The average Bonchev–Trinajstić information content (AvgIpc) is 2.17. The quantitative estimate of drug-likeness (QED) is 0.550. The molecule has 0 aliphatic rings. The Hall–Kier alpha value is -1.15. The second-order valence-electron chi connectivity index (χ2n) is 2.63. The summed E-state index contributed by atoms with van der Waals surface area (Å²) >= 11 is 5.25. The average molecular weight is 197 g/mol. The van der Waals surface area contributed by atoms with Gasteiger partial charge in [-0.3, -0.25) is 9.59 Å². The van der Waals surface area contributed by atoms with E-state index >= 15 is 0 Å². The van der Waals surface area contributed by atoms with Crippen LogP contribution in [0.1, 0.15) is 34.1 Å². The Kier molecular flexibility index (Phi) is 3.20. The second kappa shape index (κ2) is 4.19. The third kappa shape index (κ3) is 2.39. The molecule has 0 radical (unpaired) electrons. The van der Waals surface area contributed by atoms with Gasteiger partial charge in [0.15, 0.2) is 5.78 Å². The summed E-state index contributed by atoms with van der Waals surface area (Å²) in [6.45, 7) is 1.79. The number of halogens is 1. The molecule has 1 aromatic rings. The van der Waals surface area contributed by atoms with E-state index in [9.17, 15) is 9.59 Å². The molecule has 68 valence electrons. The maximum absolute atomic E-state index is 11.2. The number of hydrogen-bond donors (Lipinski definition) is 0. The van der Waals surface area contributed by atoms with Gasteiger partial charge >= 0.3 is 0 Å². The van der Waals surface area contributed by atoms with E-state index < -0.39 is 5.24 Å². The Morgan fingerprint density at radius 3 is 2.00 bits per heavy atom. The highest BCUT2D eigenvalue weighted by atomic mass is 35.5. The van der Waals surface area contributed by atoms with Crippen molar-refractivity contribution >= 4 is 22.6 Å². The first-order chi connectivity index (χ1) is 6.15. The summed E-state index contributed by atoms with van der Waals surface area (Å²) in [6, 6.07) is 6.33. The highest BCUT2D eigenvalue weighted by Gasteiger charge is 2.04. The molecule has 0 saturated heterocycles. The summed E-state index contributed by atoms with van der Waals surface area (Å²) in [4.78, 5) is 21.9. The van der Waals surface area contributed by atoms with Crippen LogP contribution in [-0.4, -0.2) is 11.0 Å². The number of benzene rings is 1. The summed E-state index contributed by atoms with van der Waals surface area (Å²) in [5.74, 6) is 0.0635. The first-order valence-corrected chi connectivity index (χ1v) is 4.36. The van der Waals surface area contributed by atoms with Gasteiger partial charge in [0.2, 0.25) is 0 Å². The smallest absolute Gasteiger partial charge is 0.252 e. The van der Waals surface area contributed by atoms with Crippen molar-refractivity contribution in [3.63, 3.8) is 0 Å². The van der Waals surface area contributed by atoms with Crippen LogP contribution < -0.4 is 0 Å². The Bertz CT molecular complexity index is 327. The molecule has 0 spiro atoms. The predicted molar refractivity (Wildman–Crippen MR) is 51.2 cm³/mol. The molecule has 0 saturated carbocycles. The summed E-state index contributed by atoms with van der Waals surface area (Å²) in [5.41, 5.74) is 1.03. The van der Waals surface area contributed by atoms with Crippen molar-refractivity contribution in [3.05, 3.63) is 35.4 Å². The highest BCUT2D eigenvalue weighted by Crippen LogP contribution is 2.08. The summed E-state index contributed by atoms with van der Waals surface area (Å²) in [7, 11) is 0. The number of ketones is 1. The van der Waals surface area contributed by atoms with Gasteiger partial charge in [-0.1, -0.05) is 19.1 Å². The van der Waals surface area contributed by atoms with E-state index in [4.69, 9.17) is 11.6 Å². The minimum absolute atomic E-state index is 0.0635. The molecule has 2 nitrogen and oxygen atoms in total. The molecular weight excluding hydrogens is 188 g/mol. The van der Waals surface area contributed by atoms with Crippen LogP contribution in [0, 0.1) is 0 Å².